The number of aliphatic hydroxyl groups excluding tert-OH is 2. The SMILES string of the molecule is CC(=O)NCC(O)C(O)c1ccc2oc(C(=O)O)cc2c1. The van der Waals surface area contributed by atoms with Gasteiger partial charge in [-0.3, -0.25) is 4.79 Å². The highest BCUT2D eigenvalue weighted by atomic mass is 16.4. The molecule has 0 bridgehead atoms. The predicted octanol–water partition coefficient (Wildman–Crippen LogP) is 0.661. The van der Waals surface area contributed by atoms with Gasteiger partial charge in [0.05, 0.1) is 0 Å². The van der Waals surface area contributed by atoms with E-state index >= 15 is 0 Å². The van der Waals surface area contributed by atoms with Gasteiger partial charge < -0.3 is 25.1 Å². The average Bonchev–Trinajstić information content (AvgIpc) is 2.86. The summed E-state index contributed by atoms with van der Waals surface area (Å²) in [5.74, 6) is -1.69. The molecule has 0 radical (unpaired) electrons. The van der Waals surface area contributed by atoms with Crippen molar-refractivity contribution in [3.63, 3.8) is 0 Å². The molecule has 2 unspecified atom stereocenters. The Hall–Kier alpha value is -2.38. The van der Waals surface area contributed by atoms with Crippen LogP contribution in [0.15, 0.2) is 28.7 Å². The lowest BCUT2D eigenvalue weighted by Gasteiger charge is -2.18. The van der Waals surface area contributed by atoms with Crippen molar-refractivity contribution in [1.29, 1.82) is 0 Å². The first-order chi connectivity index (χ1) is 9.88. The molecule has 1 aromatic heterocycles. The van der Waals surface area contributed by atoms with Crippen LogP contribution in [0, 0.1) is 0 Å². The molecule has 0 aliphatic heterocycles. The molecular formula is C14H15NO6. The zero-order valence-corrected chi connectivity index (χ0v) is 11.2. The van der Waals surface area contributed by atoms with Crippen molar-refractivity contribution in [2.45, 2.75) is 19.1 Å². The molecular weight excluding hydrogens is 278 g/mol. The number of carbonyl (C=O) groups is 2. The zero-order chi connectivity index (χ0) is 15.6. The minimum atomic E-state index is -1.20. The molecule has 7 heteroatoms. The summed E-state index contributed by atoms with van der Waals surface area (Å²) < 4.78 is 5.10. The second-order valence-electron chi connectivity index (χ2n) is 4.66. The third kappa shape index (κ3) is 3.39. The van der Waals surface area contributed by atoms with Crippen molar-refractivity contribution in [2.75, 3.05) is 6.54 Å². The van der Waals surface area contributed by atoms with Crippen LogP contribution in [0.2, 0.25) is 0 Å². The number of hydrogen-bond acceptors (Lipinski definition) is 5. The van der Waals surface area contributed by atoms with E-state index in [-0.39, 0.29) is 18.2 Å². The second kappa shape index (κ2) is 5.94. The maximum Gasteiger partial charge on any atom is 0.371 e. The lowest BCUT2D eigenvalue weighted by molar-refractivity contribution is -0.119. The maximum absolute atomic E-state index is 10.8. The van der Waals surface area contributed by atoms with Gasteiger partial charge in [0, 0.05) is 18.9 Å². The molecule has 112 valence electrons. The number of aromatic carboxylic acids is 1. The lowest BCUT2D eigenvalue weighted by Crippen LogP contribution is -2.34. The second-order valence-corrected chi connectivity index (χ2v) is 4.66. The van der Waals surface area contributed by atoms with Crippen LogP contribution in [0.25, 0.3) is 11.0 Å². The molecule has 4 N–H and O–H groups in total. The Morgan fingerprint density at radius 1 is 1.29 bits per heavy atom. The van der Waals surface area contributed by atoms with Crippen LogP contribution in [-0.2, 0) is 4.79 Å². The van der Waals surface area contributed by atoms with E-state index in [0.717, 1.165) is 0 Å². The van der Waals surface area contributed by atoms with Crippen LogP contribution >= 0.6 is 0 Å². The number of carbonyl (C=O) groups excluding carboxylic acids is 1. The number of furan rings is 1. The van der Waals surface area contributed by atoms with Gasteiger partial charge in [-0.05, 0) is 23.8 Å². The molecule has 1 heterocycles. The topological polar surface area (TPSA) is 120 Å². The summed E-state index contributed by atoms with van der Waals surface area (Å²) in [6.45, 7) is 1.23. The normalized spacial score (nSPS) is 13.9. The molecule has 21 heavy (non-hydrogen) atoms. The van der Waals surface area contributed by atoms with Crippen molar-refractivity contribution in [1.82, 2.24) is 5.32 Å². The fourth-order valence-corrected chi connectivity index (χ4v) is 1.93. The van der Waals surface area contributed by atoms with E-state index in [1.54, 1.807) is 0 Å². The van der Waals surface area contributed by atoms with Gasteiger partial charge in [0.15, 0.2) is 0 Å². The minimum Gasteiger partial charge on any atom is -0.475 e. The summed E-state index contributed by atoms with van der Waals surface area (Å²) in [6, 6.07) is 5.92. The molecule has 0 spiro atoms. The van der Waals surface area contributed by atoms with E-state index in [4.69, 9.17) is 9.52 Å². The highest BCUT2D eigenvalue weighted by Gasteiger charge is 2.20. The summed E-state index contributed by atoms with van der Waals surface area (Å²) in [7, 11) is 0. The Kier molecular flexibility index (Phi) is 4.25. The Bertz CT molecular complexity index is 677. The third-order valence-electron chi connectivity index (χ3n) is 3.02. The Balaban J connectivity index is 2.21. The highest BCUT2D eigenvalue weighted by Crippen LogP contribution is 2.25. The Labute approximate surface area is 119 Å². The predicted molar refractivity (Wildman–Crippen MR) is 72.8 cm³/mol. The lowest BCUT2D eigenvalue weighted by atomic mass is 10.0. The molecule has 7 nitrogen and oxygen atoms in total. The van der Waals surface area contributed by atoms with Crippen molar-refractivity contribution < 1.29 is 29.3 Å². The van der Waals surface area contributed by atoms with Gasteiger partial charge in [-0.15, -0.1) is 0 Å². The fraction of sp³-hybridized carbons (Fsp3) is 0.286. The number of carboxylic acid groups (broad SMARTS) is 1. The van der Waals surface area contributed by atoms with E-state index in [2.05, 4.69) is 5.32 Å². The molecule has 0 saturated carbocycles. The Morgan fingerprint density at radius 3 is 2.62 bits per heavy atom. The quantitative estimate of drug-likeness (QED) is 0.643. The van der Waals surface area contributed by atoms with E-state index in [0.29, 0.717) is 16.5 Å². The molecule has 2 atom stereocenters. The summed E-state index contributed by atoms with van der Waals surface area (Å²) >= 11 is 0. The average molecular weight is 293 g/mol. The number of amides is 1. The first kappa shape index (κ1) is 15.0. The maximum atomic E-state index is 10.8. The molecule has 1 aromatic carbocycles. The van der Waals surface area contributed by atoms with Gasteiger partial charge in [-0.1, -0.05) is 6.07 Å². The number of carboxylic acids is 1. The molecule has 1 amide bonds. The fourth-order valence-electron chi connectivity index (χ4n) is 1.93. The van der Waals surface area contributed by atoms with Crippen LogP contribution in [0.1, 0.15) is 29.1 Å². The highest BCUT2D eigenvalue weighted by molar-refractivity contribution is 5.91. The van der Waals surface area contributed by atoms with Crippen LogP contribution in [0.4, 0.5) is 0 Å². The standard InChI is InChI=1S/C14H15NO6/c1-7(16)15-6-10(17)13(18)8-2-3-11-9(4-8)5-12(21-11)14(19)20/h2-5,10,13,17-18H,6H2,1H3,(H,15,16)(H,19,20). The number of benzene rings is 1. The molecule has 0 fully saturated rings. The third-order valence-corrected chi connectivity index (χ3v) is 3.02. The molecule has 2 aromatic rings. The van der Waals surface area contributed by atoms with Gasteiger partial charge in [0.1, 0.15) is 17.8 Å². The number of aliphatic hydroxyl groups is 2. The van der Waals surface area contributed by atoms with E-state index < -0.39 is 18.2 Å². The molecule has 0 saturated heterocycles. The zero-order valence-electron chi connectivity index (χ0n) is 11.2. The van der Waals surface area contributed by atoms with Crippen LogP contribution in [0.3, 0.4) is 0 Å². The molecule has 0 aliphatic carbocycles. The van der Waals surface area contributed by atoms with Crippen molar-refractivity contribution in [2.24, 2.45) is 0 Å². The van der Waals surface area contributed by atoms with Gasteiger partial charge in [-0.2, -0.15) is 0 Å². The van der Waals surface area contributed by atoms with Crippen molar-refractivity contribution in [3.8, 4) is 0 Å². The Morgan fingerprint density at radius 2 is 2.00 bits per heavy atom. The van der Waals surface area contributed by atoms with Gasteiger partial charge in [0.25, 0.3) is 0 Å². The summed E-state index contributed by atoms with van der Waals surface area (Å²) in [5.41, 5.74) is 0.776. The summed E-state index contributed by atoms with van der Waals surface area (Å²) in [5, 5.41) is 31.6. The number of hydrogen-bond donors (Lipinski definition) is 4. The molecule has 2 rings (SSSR count). The largest absolute Gasteiger partial charge is 0.475 e. The van der Waals surface area contributed by atoms with Crippen molar-refractivity contribution >= 4 is 22.8 Å². The monoisotopic (exact) mass is 293 g/mol. The van der Waals surface area contributed by atoms with Gasteiger partial charge >= 0.3 is 5.97 Å². The molecule has 0 aliphatic rings. The van der Waals surface area contributed by atoms with Crippen LogP contribution in [-0.4, -0.2) is 39.8 Å². The van der Waals surface area contributed by atoms with E-state index in [9.17, 15) is 19.8 Å². The van der Waals surface area contributed by atoms with Crippen LogP contribution < -0.4 is 5.32 Å². The smallest absolute Gasteiger partial charge is 0.371 e. The van der Waals surface area contributed by atoms with Gasteiger partial charge in [-0.25, -0.2) is 4.79 Å². The number of nitrogens with one attached hydrogen (secondary N) is 1. The van der Waals surface area contributed by atoms with Crippen LogP contribution in [0.5, 0.6) is 0 Å². The number of fused-ring (bicyclic) bond motifs is 1. The first-order valence-electron chi connectivity index (χ1n) is 6.26. The first-order valence-corrected chi connectivity index (χ1v) is 6.26. The van der Waals surface area contributed by atoms with Gasteiger partial charge in [0.2, 0.25) is 11.7 Å². The minimum absolute atomic E-state index is 0.0830. The number of rotatable bonds is 5. The van der Waals surface area contributed by atoms with E-state index in [1.807, 2.05) is 0 Å². The summed E-state index contributed by atoms with van der Waals surface area (Å²) in [4.78, 5) is 21.6. The summed E-state index contributed by atoms with van der Waals surface area (Å²) in [6.07, 6.45) is -2.37. The van der Waals surface area contributed by atoms with E-state index in [1.165, 1.54) is 31.2 Å². The van der Waals surface area contributed by atoms with Crippen molar-refractivity contribution in [3.05, 3.63) is 35.6 Å².